The Kier molecular flexibility index (Phi) is 4.43. The van der Waals surface area contributed by atoms with Crippen LogP contribution in [0.1, 0.15) is 36.6 Å². The first-order chi connectivity index (χ1) is 9.13. The molecular weight excluding hydrogens is 293 g/mol. The van der Waals surface area contributed by atoms with E-state index in [1.54, 1.807) is 0 Å². The van der Waals surface area contributed by atoms with E-state index in [4.69, 9.17) is 17.3 Å². The molecule has 0 saturated heterocycles. The van der Waals surface area contributed by atoms with E-state index in [-0.39, 0.29) is 23.9 Å². The van der Waals surface area contributed by atoms with Gasteiger partial charge in [0.05, 0.1) is 11.7 Å². The van der Waals surface area contributed by atoms with Gasteiger partial charge in [0.25, 0.3) is 0 Å². The molecule has 0 bridgehead atoms. The van der Waals surface area contributed by atoms with Crippen molar-refractivity contribution in [1.82, 2.24) is 9.78 Å². The number of hydrogen-bond acceptors (Lipinski definition) is 2. The lowest BCUT2D eigenvalue weighted by Crippen LogP contribution is -2.45. The lowest BCUT2D eigenvalue weighted by Gasteiger charge is -2.47. The molecule has 1 saturated carbocycles. The average Bonchev–Trinajstić information content (AvgIpc) is 2.76. The number of aromatic nitrogens is 2. The predicted molar refractivity (Wildman–Crippen MR) is 84.4 cm³/mol. The number of aryl methyl sites for hydroxylation is 1. The molecule has 1 heterocycles. The second kappa shape index (κ2) is 5.76. The molecule has 1 aromatic heterocycles. The molecule has 20 heavy (non-hydrogen) atoms. The van der Waals surface area contributed by atoms with E-state index < -0.39 is 0 Å². The molecule has 1 aromatic carbocycles. The van der Waals surface area contributed by atoms with Crippen LogP contribution in [0.4, 0.5) is 0 Å². The number of nitrogens with two attached hydrogens (primary N) is 1. The smallest absolute Gasteiger partial charge is 0.0565 e. The van der Waals surface area contributed by atoms with E-state index >= 15 is 0 Å². The first kappa shape index (κ1) is 15.4. The monoisotopic (exact) mass is 311 g/mol. The molecule has 0 amide bonds. The van der Waals surface area contributed by atoms with Crippen LogP contribution in [0.3, 0.4) is 0 Å². The van der Waals surface area contributed by atoms with E-state index in [0.717, 1.165) is 23.6 Å². The van der Waals surface area contributed by atoms with Crippen molar-refractivity contribution in [3.8, 4) is 0 Å². The van der Waals surface area contributed by atoms with Crippen LogP contribution in [0, 0.1) is 0 Å². The molecule has 1 fully saturated rings. The highest BCUT2D eigenvalue weighted by molar-refractivity contribution is 6.30. The van der Waals surface area contributed by atoms with Crippen molar-refractivity contribution >= 4 is 24.0 Å². The van der Waals surface area contributed by atoms with Gasteiger partial charge in [-0.2, -0.15) is 5.10 Å². The van der Waals surface area contributed by atoms with Gasteiger partial charge in [-0.05, 0) is 36.6 Å². The number of halogens is 2. The summed E-state index contributed by atoms with van der Waals surface area (Å²) in [5, 5.41) is 5.00. The van der Waals surface area contributed by atoms with Crippen molar-refractivity contribution in [2.24, 2.45) is 12.8 Å². The summed E-state index contributed by atoms with van der Waals surface area (Å²) in [7, 11) is 1.95. The van der Waals surface area contributed by atoms with Gasteiger partial charge in [-0.25, -0.2) is 0 Å². The van der Waals surface area contributed by atoms with Gasteiger partial charge in [0.2, 0.25) is 0 Å². The van der Waals surface area contributed by atoms with Gasteiger partial charge in [0.15, 0.2) is 0 Å². The molecule has 3 nitrogen and oxygen atoms in total. The molecule has 108 valence electrons. The summed E-state index contributed by atoms with van der Waals surface area (Å²) in [5.74, 6) is 0. The highest BCUT2D eigenvalue weighted by Crippen LogP contribution is 2.51. The van der Waals surface area contributed by atoms with E-state index in [9.17, 15) is 0 Å². The van der Waals surface area contributed by atoms with Gasteiger partial charge >= 0.3 is 0 Å². The predicted octanol–water partition coefficient (Wildman–Crippen LogP) is 3.62. The second-order valence-electron chi connectivity index (χ2n) is 5.37. The largest absolute Gasteiger partial charge is 0.322 e. The van der Waals surface area contributed by atoms with Crippen molar-refractivity contribution in [3.05, 3.63) is 52.8 Å². The van der Waals surface area contributed by atoms with Gasteiger partial charge in [0.1, 0.15) is 0 Å². The molecule has 3 rings (SSSR count). The minimum Gasteiger partial charge on any atom is -0.322 e. The third-order valence-electron chi connectivity index (χ3n) is 4.44. The minimum atomic E-state index is -0.0186. The van der Waals surface area contributed by atoms with Crippen LogP contribution in [0.15, 0.2) is 36.5 Å². The van der Waals surface area contributed by atoms with Gasteiger partial charge in [0, 0.05) is 23.7 Å². The standard InChI is InChI=1S/C15H18ClN3.ClH/c1-19-13(7-10-18-19)14(17)15(8-2-9-15)11-3-5-12(16)6-4-11;/h3-7,10,14H,2,8-9,17H2,1H3;1H. The Morgan fingerprint density at radius 1 is 1.25 bits per heavy atom. The summed E-state index contributed by atoms with van der Waals surface area (Å²) in [6.07, 6.45) is 5.29. The van der Waals surface area contributed by atoms with Crippen molar-refractivity contribution in [3.63, 3.8) is 0 Å². The molecule has 1 unspecified atom stereocenters. The summed E-state index contributed by atoms with van der Waals surface area (Å²) < 4.78 is 1.88. The van der Waals surface area contributed by atoms with Crippen LogP contribution in [0.25, 0.3) is 0 Å². The van der Waals surface area contributed by atoms with Crippen LogP contribution in [-0.4, -0.2) is 9.78 Å². The normalized spacial score (nSPS) is 17.9. The Bertz CT molecular complexity index is 573. The fraction of sp³-hybridized carbons (Fsp3) is 0.400. The van der Waals surface area contributed by atoms with Crippen molar-refractivity contribution in [2.45, 2.75) is 30.7 Å². The summed E-state index contributed by atoms with van der Waals surface area (Å²) in [4.78, 5) is 0. The fourth-order valence-corrected chi connectivity index (χ4v) is 3.22. The van der Waals surface area contributed by atoms with Crippen molar-refractivity contribution in [2.75, 3.05) is 0 Å². The SMILES string of the molecule is Cl.Cn1nccc1C(N)C1(c2ccc(Cl)cc2)CCC1. The first-order valence-corrected chi connectivity index (χ1v) is 7.01. The zero-order valence-corrected chi connectivity index (χ0v) is 13.0. The Morgan fingerprint density at radius 3 is 2.35 bits per heavy atom. The van der Waals surface area contributed by atoms with Crippen LogP contribution in [0.5, 0.6) is 0 Å². The molecule has 0 aliphatic heterocycles. The zero-order valence-electron chi connectivity index (χ0n) is 11.4. The number of nitrogens with zero attached hydrogens (tertiary/aromatic N) is 2. The fourth-order valence-electron chi connectivity index (χ4n) is 3.09. The van der Waals surface area contributed by atoms with Crippen molar-refractivity contribution in [1.29, 1.82) is 0 Å². The van der Waals surface area contributed by atoms with Gasteiger partial charge in [-0.3, -0.25) is 4.68 Å². The topological polar surface area (TPSA) is 43.8 Å². The molecule has 2 N–H and O–H groups in total. The molecular formula is C15H19Cl2N3. The molecule has 1 aliphatic rings. The lowest BCUT2D eigenvalue weighted by atomic mass is 9.59. The number of rotatable bonds is 3. The maximum Gasteiger partial charge on any atom is 0.0565 e. The van der Waals surface area contributed by atoms with Gasteiger partial charge in [-0.15, -0.1) is 12.4 Å². The first-order valence-electron chi connectivity index (χ1n) is 6.63. The summed E-state index contributed by atoms with van der Waals surface area (Å²) in [6, 6.07) is 10.1. The molecule has 0 spiro atoms. The van der Waals surface area contributed by atoms with E-state index in [0.29, 0.717) is 0 Å². The molecule has 1 aliphatic carbocycles. The Hall–Kier alpha value is -1.03. The van der Waals surface area contributed by atoms with Gasteiger partial charge in [-0.1, -0.05) is 30.2 Å². The number of hydrogen-bond donors (Lipinski definition) is 1. The third-order valence-corrected chi connectivity index (χ3v) is 4.69. The quantitative estimate of drug-likeness (QED) is 0.941. The summed E-state index contributed by atoms with van der Waals surface area (Å²) in [6.45, 7) is 0. The molecule has 5 heteroatoms. The highest BCUT2D eigenvalue weighted by Gasteiger charge is 2.45. The van der Waals surface area contributed by atoms with Crippen LogP contribution in [0.2, 0.25) is 5.02 Å². The Morgan fingerprint density at radius 2 is 1.90 bits per heavy atom. The Balaban J connectivity index is 0.00000147. The molecule has 2 aromatic rings. The second-order valence-corrected chi connectivity index (χ2v) is 5.81. The van der Waals surface area contributed by atoms with Crippen molar-refractivity contribution < 1.29 is 0 Å². The molecule has 1 atom stereocenters. The Labute approximate surface area is 130 Å². The average molecular weight is 312 g/mol. The number of benzene rings is 1. The lowest BCUT2D eigenvalue weighted by molar-refractivity contribution is 0.191. The highest BCUT2D eigenvalue weighted by atomic mass is 35.5. The maximum atomic E-state index is 6.56. The third kappa shape index (κ3) is 2.34. The molecule has 0 radical (unpaired) electrons. The zero-order chi connectivity index (χ0) is 13.5. The van der Waals surface area contributed by atoms with Crippen LogP contribution < -0.4 is 5.73 Å². The van der Waals surface area contributed by atoms with Crippen LogP contribution in [-0.2, 0) is 12.5 Å². The minimum absolute atomic E-state index is 0. The van der Waals surface area contributed by atoms with E-state index in [1.165, 1.54) is 12.0 Å². The van der Waals surface area contributed by atoms with Crippen LogP contribution >= 0.6 is 24.0 Å². The van der Waals surface area contributed by atoms with E-state index in [2.05, 4.69) is 17.2 Å². The summed E-state index contributed by atoms with van der Waals surface area (Å²) in [5.41, 5.74) is 8.98. The maximum absolute atomic E-state index is 6.56. The van der Waals surface area contributed by atoms with E-state index in [1.807, 2.05) is 36.1 Å². The van der Waals surface area contributed by atoms with Gasteiger partial charge < -0.3 is 5.73 Å². The summed E-state index contributed by atoms with van der Waals surface area (Å²) >= 11 is 5.98.